The van der Waals surface area contributed by atoms with Gasteiger partial charge in [-0.2, -0.15) is 26.3 Å². The molecule has 0 saturated heterocycles. The smallest absolute Gasteiger partial charge is 0.206 e. The van der Waals surface area contributed by atoms with Gasteiger partial charge in [0.05, 0.1) is 11.8 Å². The van der Waals surface area contributed by atoms with Gasteiger partial charge in [-0.3, -0.25) is 0 Å². The Bertz CT molecular complexity index is 3250. The molecule has 2 unspecified atom stereocenters. The molecular formula is C52H32F8. The fraction of sp³-hybridized carbons (Fsp3) is 0.192. The van der Waals surface area contributed by atoms with E-state index in [4.69, 9.17) is 0 Å². The predicted molar refractivity (Wildman–Crippen MR) is 226 cm³/mol. The van der Waals surface area contributed by atoms with Crippen LogP contribution in [0.1, 0.15) is 58.1 Å². The van der Waals surface area contributed by atoms with Crippen LogP contribution in [0.4, 0.5) is 35.1 Å². The first-order valence-electron chi connectivity index (χ1n) is 20.2. The lowest BCUT2D eigenvalue weighted by atomic mass is 9.73. The number of hydrogen-bond acceptors (Lipinski definition) is 0. The minimum atomic E-state index is -4.52. The monoisotopic (exact) mass is 808 g/mol. The van der Waals surface area contributed by atoms with Gasteiger partial charge in [0.15, 0.2) is 0 Å². The molecule has 296 valence electrons. The minimum Gasteiger partial charge on any atom is -0.206 e. The lowest BCUT2D eigenvalue weighted by Gasteiger charge is -2.32. The first-order chi connectivity index (χ1) is 28.7. The highest BCUT2D eigenvalue weighted by molar-refractivity contribution is 6.43. The number of alkyl halides is 6. The Hall–Kier alpha value is -6.02. The summed E-state index contributed by atoms with van der Waals surface area (Å²) in [5.41, 5.74) is 6.89. The van der Waals surface area contributed by atoms with E-state index >= 15 is 8.78 Å². The SMILES string of the molecule is Cc1ccc(-c2cc3c4cc(F)c5c6ccc7c8c(c(-c9ccc(C)cc9)cc(c9cc(F)c(c%10ccc%11c(c2CCC%11C(F)(F)F)c3%10)c4c95)c86)CCC7C(F)(F)F)cc1. The van der Waals surface area contributed by atoms with Crippen LogP contribution in [0.15, 0.2) is 97.1 Å². The third kappa shape index (κ3) is 4.68. The first-order valence-corrected chi connectivity index (χ1v) is 20.2. The van der Waals surface area contributed by atoms with Gasteiger partial charge < -0.3 is 0 Å². The minimum absolute atomic E-state index is 0.127. The van der Waals surface area contributed by atoms with Crippen molar-refractivity contribution in [3.63, 3.8) is 0 Å². The van der Waals surface area contributed by atoms with Gasteiger partial charge in [0.2, 0.25) is 0 Å². The molecule has 0 aromatic heterocycles. The van der Waals surface area contributed by atoms with Crippen LogP contribution in [-0.2, 0) is 12.8 Å². The Balaban J connectivity index is 1.30. The predicted octanol–water partition coefficient (Wildman–Crippen LogP) is 16.0. The van der Waals surface area contributed by atoms with E-state index in [1.807, 2.05) is 74.5 Å². The number of benzene rings is 10. The third-order valence-electron chi connectivity index (χ3n) is 13.9. The van der Waals surface area contributed by atoms with Crippen LogP contribution in [0.25, 0.3) is 97.7 Å². The molecule has 12 rings (SSSR count). The number of halogens is 8. The molecule has 0 aliphatic heterocycles. The molecule has 0 heterocycles. The van der Waals surface area contributed by atoms with Crippen molar-refractivity contribution in [2.45, 2.75) is 63.7 Å². The van der Waals surface area contributed by atoms with Crippen molar-refractivity contribution in [1.82, 2.24) is 0 Å². The Morgan fingerprint density at radius 3 is 1.13 bits per heavy atom. The van der Waals surface area contributed by atoms with E-state index in [9.17, 15) is 26.3 Å². The molecule has 10 aromatic rings. The summed E-state index contributed by atoms with van der Waals surface area (Å²) >= 11 is 0. The van der Waals surface area contributed by atoms with E-state index in [1.165, 1.54) is 24.3 Å². The Morgan fingerprint density at radius 2 is 0.767 bits per heavy atom. The largest absolute Gasteiger partial charge is 0.395 e. The molecular weight excluding hydrogens is 777 g/mol. The fourth-order valence-electron chi connectivity index (χ4n) is 11.3. The van der Waals surface area contributed by atoms with Crippen molar-refractivity contribution in [3.05, 3.63) is 142 Å². The van der Waals surface area contributed by atoms with Crippen LogP contribution in [0.2, 0.25) is 0 Å². The van der Waals surface area contributed by atoms with Crippen LogP contribution in [0.5, 0.6) is 0 Å². The van der Waals surface area contributed by atoms with E-state index in [0.29, 0.717) is 64.6 Å². The highest BCUT2D eigenvalue weighted by Crippen LogP contribution is 2.57. The average Bonchev–Trinajstić information content (AvgIpc) is 3.21. The Kier molecular flexibility index (Phi) is 7.08. The van der Waals surface area contributed by atoms with Crippen molar-refractivity contribution >= 4 is 75.4 Å². The van der Waals surface area contributed by atoms with Gasteiger partial charge in [-0.25, -0.2) is 8.78 Å². The molecule has 0 spiro atoms. The maximum absolute atomic E-state index is 17.5. The van der Waals surface area contributed by atoms with Crippen LogP contribution in [0, 0.1) is 25.5 Å². The maximum atomic E-state index is 17.5. The van der Waals surface area contributed by atoms with Gasteiger partial charge >= 0.3 is 12.4 Å². The second-order valence-corrected chi connectivity index (χ2v) is 17.1. The molecule has 8 heteroatoms. The first kappa shape index (κ1) is 35.9. The van der Waals surface area contributed by atoms with Gasteiger partial charge in [-0.05, 0) is 162 Å². The number of hydrogen-bond donors (Lipinski definition) is 0. The van der Waals surface area contributed by atoms with Crippen molar-refractivity contribution in [2.24, 2.45) is 0 Å². The number of aryl methyl sites for hydroxylation is 4. The molecule has 0 N–H and O–H groups in total. The van der Waals surface area contributed by atoms with E-state index < -0.39 is 35.8 Å². The third-order valence-corrected chi connectivity index (χ3v) is 13.9. The van der Waals surface area contributed by atoms with Crippen molar-refractivity contribution < 1.29 is 35.1 Å². The summed E-state index contributed by atoms with van der Waals surface area (Å²) in [6, 6.07) is 28.3. The summed E-state index contributed by atoms with van der Waals surface area (Å²) in [7, 11) is 0. The molecule has 2 atom stereocenters. The molecule has 2 aliphatic carbocycles. The molecule has 0 nitrogen and oxygen atoms in total. The van der Waals surface area contributed by atoms with Crippen LogP contribution in [-0.4, -0.2) is 12.4 Å². The van der Waals surface area contributed by atoms with E-state index in [1.54, 1.807) is 12.1 Å². The van der Waals surface area contributed by atoms with Gasteiger partial charge in [0, 0.05) is 21.5 Å². The molecule has 10 aromatic carbocycles. The van der Waals surface area contributed by atoms with E-state index in [0.717, 1.165) is 44.5 Å². The highest BCUT2D eigenvalue weighted by atomic mass is 19.4. The van der Waals surface area contributed by atoms with Crippen molar-refractivity contribution in [2.75, 3.05) is 0 Å². The fourth-order valence-corrected chi connectivity index (χ4v) is 11.3. The quantitative estimate of drug-likeness (QED) is 0.0927. The zero-order valence-electron chi connectivity index (χ0n) is 32.2. The second kappa shape index (κ2) is 11.8. The topological polar surface area (TPSA) is 0 Å². The average molecular weight is 809 g/mol. The van der Waals surface area contributed by atoms with E-state index in [2.05, 4.69) is 0 Å². The number of rotatable bonds is 2. The Morgan fingerprint density at radius 1 is 0.400 bits per heavy atom. The van der Waals surface area contributed by atoms with Gasteiger partial charge in [0.1, 0.15) is 11.6 Å². The lowest BCUT2D eigenvalue weighted by molar-refractivity contribution is -0.152. The molecule has 0 saturated carbocycles. The summed E-state index contributed by atoms with van der Waals surface area (Å²) in [6.07, 6.45) is -8.99. The van der Waals surface area contributed by atoms with Crippen LogP contribution >= 0.6 is 0 Å². The van der Waals surface area contributed by atoms with Gasteiger partial charge in [0.25, 0.3) is 0 Å². The van der Waals surface area contributed by atoms with Crippen LogP contribution < -0.4 is 0 Å². The summed E-state index contributed by atoms with van der Waals surface area (Å²) in [5, 5.41) is 5.64. The lowest BCUT2D eigenvalue weighted by Crippen LogP contribution is -2.24. The summed E-state index contributed by atoms with van der Waals surface area (Å²) in [5.74, 6) is -4.73. The van der Waals surface area contributed by atoms with Crippen LogP contribution in [0.3, 0.4) is 0 Å². The zero-order chi connectivity index (χ0) is 41.3. The second-order valence-electron chi connectivity index (χ2n) is 17.1. The highest BCUT2D eigenvalue weighted by Gasteiger charge is 2.45. The van der Waals surface area contributed by atoms with Gasteiger partial charge in [-0.15, -0.1) is 0 Å². The summed E-state index contributed by atoms with van der Waals surface area (Å²) in [6.45, 7) is 3.91. The molecule has 60 heavy (non-hydrogen) atoms. The molecule has 0 radical (unpaired) electrons. The summed E-state index contributed by atoms with van der Waals surface area (Å²) in [4.78, 5) is 0. The summed E-state index contributed by atoms with van der Waals surface area (Å²) < 4.78 is 124. The van der Waals surface area contributed by atoms with E-state index in [-0.39, 0.29) is 47.6 Å². The molecule has 2 aliphatic rings. The molecule has 0 bridgehead atoms. The normalized spacial score (nSPS) is 17.2. The zero-order valence-corrected chi connectivity index (χ0v) is 32.2. The number of fused-ring (bicyclic) bond motifs is 4. The maximum Gasteiger partial charge on any atom is 0.395 e. The van der Waals surface area contributed by atoms with Crippen molar-refractivity contribution in [3.8, 4) is 22.3 Å². The molecule has 0 amide bonds. The van der Waals surface area contributed by atoms with Gasteiger partial charge in [-0.1, -0.05) is 83.9 Å². The molecule has 0 fully saturated rings. The standard InChI is InChI=1S/C52H32F8/c1-23-3-7-25(8-4-23)33-19-35-37-21-41(53)48-32-14-12-30-40(52(58,59)60)18-16-28-34(26-9-5-24(2)6-10-26)20-36(46(32)44(28)30)38-22-42(54)47(49(37)50(38)48)31-13-11-29-39(51(55,56)57)17-15-27(33)43(29)45(31)35/h3-14,19-22,39-40H,15-18H2,1-2H3. The Labute approximate surface area is 337 Å². The van der Waals surface area contributed by atoms with Crippen molar-refractivity contribution in [1.29, 1.82) is 0 Å².